The van der Waals surface area contributed by atoms with Crippen molar-refractivity contribution in [2.75, 3.05) is 0 Å². The van der Waals surface area contributed by atoms with Gasteiger partial charge in [-0.3, -0.25) is 4.79 Å². The Morgan fingerprint density at radius 1 is 1.04 bits per heavy atom. The first-order valence-corrected chi connectivity index (χ1v) is 10.3. The van der Waals surface area contributed by atoms with Crippen molar-refractivity contribution in [3.05, 3.63) is 35.9 Å². The molecule has 0 unspecified atom stereocenters. The summed E-state index contributed by atoms with van der Waals surface area (Å²) in [5.41, 5.74) is 6.58. The summed E-state index contributed by atoms with van der Waals surface area (Å²) in [5.74, 6) is 2.42. The van der Waals surface area contributed by atoms with Crippen molar-refractivity contribution < 1.29 is 9.59 Å². The molecule has 0 spiro atoms. The number of hydrogen-bond acceptors (Lipinski definition) is 2. The van der Waals surface area contributed by atoms with Crippen LogP contribution in [0.4, 0.5) is 4.79 Å². The smallest absolute Gasteiger partial charge is 0.312 e. The fraction of sp³-hybridized carbons (Fsp3) is 0.636. The monoisotopic (exact) mass is 369 g/mol. The molecule has 0 radical (unpaired) electrons. The molecule has 1 aromatic carbocycles. The van der Waals surface area contributed by atoms with Gasteiger partial charge in [-0.05, 0) is 74.2 Å². The van der Waals surface area contributed by atoms with Gasteiger partial charge in [-0.1, -0.05) is 30.3 Å². The number of benzene rings is 1. The fourth-order valence-corrected chi connectivity index (χ4v) is 6.41. The van der Waals surface area contributed by atoms with Gasteiger partial charge in [0.25, 0.3) is 0 Å². The molecule has 27 heavy (non-hydrogen) atoms. The van der Waals surface area contributed by atoms with Crippen molar-refractivity contribution in [1.82, 2.24) is 10.6 Å². The molecule has 0 aromatic heterocycles. The van der Waals surface area contributed by atoms with Crippen LogP contribution in [0.25, 0.3) is 0 Å². The Morgan fingerprint density at radius 2 is 1.59 bits per heavy atom. The van der Waals surface area contributed by atoms with Gasteiger partial charge >= 0.3 is 6.03 Å². The first kappa shape index (κ1) is 18.3. The number of primary amides is 1. The molecule has 5 rings (SSSR count). The van der Waals surface area contributed by atoms with Crippen LogP contribution in [0.2, 0.25) is 0 Å². The average molecular weight is 370 g/mol. The van der Waals surface area contributed by atoms with Crippen LogP contribution in [0.3, 0.4) is 0 Å². The Balaban J connectivity index is 1.44. The maximum atomic E-state index is 13.0. The Kier molecular flexibility index (Phi) is 4.87. The number of hydrogen-bond donors (Lipinski definition) is 3. The van der Waals surface area contributed by atoms with Gasteiger partial charge in [-0.25, -0.2) is 4.79 Å². The predicted molar refractivity (Wildman–Crippen MR) is 105 cm³/mol. The molecular formula is C22H31N3O2. The van der Waals surface area contributed by atoms with Crippen molar-refractivity contribution >= 4 is 11.9 Å². The van der Waals surface area contributed by atoms with Crippen LogP contribution < -0.4 is 16.4 Å². The molecule has 3 amide bonds. The number of amides is 3. The van der Waals surface area contributed by atoms with E-state index in [4.69, 9.17) is 5.73 Å². The van der Waals surface area contributed by atoms with Gasteiger partial charge in [0.2, 0.25) is 5.91 Å². The zero-order chi connectivity index (χ0) is 19.0. The number of rotatable bonds is 6. The highest BCUT2D eigenvalue weighted by molar-refractivity contribution is 5.87. The van der Waals surface area contributed by atoms with Crippen molar-refractivity contribution in [1.29, 1.82) is 0 Å². The first-order chi connectivity index (χ1) is 12.9. The number of nitrogens with two attached hydrogens (primary N) is 1. The van der Waals surface area contributed by atoms with Gasteiger partial charge in [-0.15, -0.1) is 0 Å². The summed E-state index contributed by atoms with van der Waals surface area (Å²) in [6.07, 6.45) is 8.34. The molecule has 1 aromatic rings. The van der Waals surface area contributed by atoms with Crippen LogP contribution >= 0.6 is 0 Å². The minimum atomic E-state index is -0.659. The lowest BCUT2D eigenvalue weighted by Gasteiger charge is -2.59. The van der Waals surface area contributed by atoms with E-state index in [0.29, 0.717) is 6.42 Å². The van der Waals surface area contributed by atoms with Crippen LogP contribution in [0.5, 0.6) is 0 Å². The number of nitrogens with one attached hydrogen (secondary N) is 2. The number of urea groups is 1. The topological polar surface area (TPSA) is 84.2 Å². The van der Waals surface area contributed by atoms with Crippen molar-refractivity contribution in [2.24, 2.45) is 28.9 Å². The van der Waals surface area contributed by atoms with E-state index in [9.17, 15) is 9.59 Å². The van der Waals surface area contributed by atoms with E-state index in [-0.39, 0.29) is 17.4 Å². The minimum Gasteiger partial charge on any atom is -0.352 e. The van der Waals surface area contributed by atoms with Gasteiger partial charge < -0.3 is 16.4 Å². The Bertz CT molecular complexity index is 667. The molecule has 4 aliphatic rings. The summed E-state index contributed by atoms with van der Waals surface area (Å²) < 4.78 is 0. The lowest BCUT2D eigenvalue weighted by molar-refractivity contribution is -0.127. The third-order valence-electron chi connectivity index (χ3n) is 7.28. The second kappa shape index (κ2) is 7.17. The third-order valence-corrected chi connectivity index (χ3v) is 7.28. The zero-order valence-corrected chi connectivity index (χ0v) is 16.1. The second-order valence-electron chi connectivity index (χ2n) is 9.26. The van der Waals surface area contributed by atoms with Crippen LogP contribution in [0, 0.1) is 23.2 Å². The molecule has 0 heterocycles. The van der Waals surface area contributed by atoms with E-state index in [0.717, 1.165) is 23.3 Å². The van der Waals surface area contributed by atoms with E-state index in [1.807, 2.05) is 30.3 Å². The second-order valence-corrected chi connectivity index (χ2v) is 9.26. The number of carbonyl (C=O) groups excluding carboxylic acids is 2. The highest BCUT2D eigenvalue weighted by Gasteiger charge is 2.53. The summed E-state index contributed by atoms with van der Waals surface area (Å²) >= 11 is 0. The Morgan fingerprint density at radius 3 is 2.11 bits per heavy atom. The van der Waals surface area contributed by atoms with Gasteiger partial charge in [-0.2, -0.15) is 0 Å². The summed E-state index contributed by atoms with van der Waals surface area (Å²) in [5, 5.41) is 5.89. The molecule has 146 valence electrons. The molecular weight excluding hydrogens is 338 g/mol. The molecule has 5 heteroatoms. The summed E-state index contributed by atoms with van der Waals surface area (Å²) in [6, 6.07) is 8.58. The van der Waals surface area contributed by atoms with Gasteiger partial charge in [0.05, 0.1) is 0 Å². The Hall–Kier alpha value is -2.04. The summed E-state index contributed by atoms with van der Waals surface area (Å²) in [7, 11) is 0. The van der Waals surface area contributed by atoms with Crippen LogP contribution in [-0.4, -0.2) is 24.0 Å². The molecule has 5 nitrogen and oxygen atoms in total. The lowest BCUT2D eigenvalue weighted by atomic mass is 9.48. The largest absolute Gasteiger partial charge is 0.352 e. The standard InChI is InChI=1S/C22H31N3O2/c1-14(22-11-16-7-17(12-22)9-18(8-16)13-22)24-20(26)19(25-21(23)27)10-15-5-3-2-4-6-15/h2-6,14,16-19H,7-13H2,1H3,(H,24,26)(H3,23,25,27)/t14-,16?,17?,18?,19+,22?/m1/s1. The van der Waals surface area contributed by atoms with Crippen LogP contribution in [0.1, 0.15) is 51.0 Å². The molecule has 0 aliphatic heterocycles. The lowest BCUT2D eigenvalue weighted by Crippen LogP contribution is -2.59. The van der Waals surface area contributed by atoms with E-state index >= 15 is 0 Å². The molecule has 4 aliphatic carbocycles. The zero-order valence-electron chi connectivity index (χ0n) is 16.1. The molecule has 4 N–H and O–H groups in total. The molecule has 2 atom stereocenters. The molecule has 4 saturated carbocycles. The number of carbonyl (C=O) groups is 2. The van der Waals surface area contributed by atoms with Crippen molar-refractivity contribution in [3.8, 4) is 0 Å². The van der Waals surface area contributed by atoms with Gasteiger partial charge in [0.15, 0.2) is 0 Å². The molecule has 4 bridgehead atoms. The minimum absolute atomic E-state index is 0.124. The maximum absolute atomic E-state index is 13.0. The quantitative estimate of drug-likeness (QED) is 0.720. The van der Waals surface area contributed by atoms with E-state index in [2.05, 4.69) is 17.6 Å². The normalized spacial score (nSPS) is 33.3. The van der Waals surface area contributed by atoms with Crippen molar-refractivity contribution in [3.63, 3.8) is 0 Å². The van der Waals surface area contributed by atoms with Crippen LogP contribution in [-0.2, 0) is 11.2 Å². The Labute approximate surface area is 161 Å². The summed E-state index contributed by atoms with van der Waals surface area (Å²) in [4.78, 5) is 24.4. The average Bonchev–Trinajstić information content (AvgIpc) is 2.60. The van der Waals surface area contributed by atoms with E-state index in [1.165, 1.54) is 38.5 Å². The summed E-state index contributed by atoms with van der Waals surface area (Å²) in [6.45, 7) is 2.16. The van der Waals surface area contributed by atoms with Crippen LogP contribution in [0.15, 0.2) is 30.3 Å². The molecule has 4 fully saturated rings. The van der Waals surface area contributed by atoms with Gasteiger partial charge in [0, 0.05) is 12.5 Å². The third kappa shape index (κ3) is 3.83. The first-order valence-electron chi connectivity index (χ1n) is 10.3. The van der Waals surface area contributed by atoms with Crippen molar-refractivity contribution in [2.45, 2.75) is 64.0 Å². The fourth-order valence-electron chi connectivity index (χ4n) is 6.41. The highest BCUT2D eigenvalue weighted by Crippen LogP contribution is 2.61. The van der Waals surface area contributed by atoms with E-state index in [1.54, 1.807) is 0 Å². The predicted octanol–water partition coefficient (Wildman–Crippen LogP) is 2.99. The van der Waals surface area contributed by atoms with E-state index < -0.39 is 12.1 Å². The van der Waals surface area contributed by atoms with Gasteiger partial charge in [0.1, 0.15) is 6.04 Å². The SMILES string of the molecule is C[C@@H](NC(=O)[C@H](Cc1ccccc1)NC(N)=O)C12CC3CC(CC(C3)C1)C2. The molecule has 0 saturated heterocycles. The maximum Gasteiger partial charge on any atom is 0.312 e. The highest BCUT2D eigenvalue weighted by atomic mass is 16.2.